The number of rotatable bonds is 5. The van der Waals surface area contributed by atoms with Gasteiger partial charge in [-0.1, -0.05) is 23.4 Å². The predicted molar refractivity (Wildman–Crippen MR) is 136 cm³/mol. The zero-order valence-corrected chi connectivity index (χ0v) is 21.8. The Hall–Kier alpha value is -4.29. The average Bonchev–Trinajstić information content (AvgIpc) is 3.62. The molecule has 3 aliphatic heterocycles. The lowest BCUT2D eigenvalue weighted by Gasteiger charge is -2.29. The van der Waals surface area contributed by atoms with Crippen molar-refractivity contribution in [2.24, 2.45) is 0 Å². The second kappa shape index (κ2) is 9.72. The molecule has 206 valence electrons. The Kier molecular flexibility index (Phi) is 6.31. The average molecular weight is 550 g/mol. The van der Waals surface area contributed by atoms with Gasteiger partial charge in [0.15, 0.2) is 11.9 Å². The summed E-state index contributed by atoms with van der Waals surface area (Å²) in [5.41, 5.74) is 1.29. The van der Waals surface area contributed by atoms with Gasteiger partial charge in [0.25, 0.3) is 17.7 Å². The van der Waals surface area contributed by atoms with Crippen molar-refractivity contribution in [1.82, 2.24) is 24.8 Å². The molecular formula is C28H25F2N5O5. The Labute approximate surface area is 227 Å². The van der Waals surface area contributed by atoms with Gasteiger partial charge in [-0.25, -0.2) is 13.5 Å². The molecule has 40 heavy (non-hydrogen) atoms. The summed E-state index contributed by atoms with van der Waals surface area (Å²) < 4.78 is 42.7. The first kappa shape index (κ1) is 26.0. The van der Waals surface area contributed by atoms with E-state index in [1.807, 2.05) is 0 Å². The summed E-state index contributed by atoms with van der Waals surface area (Å²) in [5, 5.41) is 7.91. The van der Waals surface area contributed by atoms with Crippen LogP contribution in [0.3, 0.4) is 0 Å². The summed E-state index contributed by atoms with van der Waals surface area (Å²) in [6, 6.07) is 8.80. The largest absolute Gasteiger partial charge is 0.347 e. The molecule has 1 fully saturated rings. The smallest absolute Gasteiger partial charge is 0.261 e. The Balaban J connectivity index is 1.15. The molecule has 12 heteroatoms. The number of nitrogens with zero attached hydrogens (tertiary/aromatic N) is 5. The van der Waals surface area contributed by atoms with Crippen molar-refractivity contribution in [2.75, 3.05) is 19.7 Å². The lowest BCUT2D eigenvalue weighted by molar-refractivity contribution is -0.159. The number of fused-ring (bicyclic) bond motifs is 1. The highest BCUT2D eigenvalue weighted by Crippen LogP contribution is 2.31. The Morgan fingerprint density at radius 1 is 1.10 bits per heavy atom. The van der Waals surface area contributed by atoms with Gasteiger partial charge in [0.1, 0.15) is 17.3 Å². The molecule has 3 aromatic rings. The van der Waals surface area contributed by atoms with Gasteiger partial charge in [0.2, 0.25) is 0 Å². The summed E-state index contributed by atoms with van der Waals surface area (Å²) >= 11 is 0. The highest BCUT2D eigenvalue weighted by Gasteiger charge is 2.39. The third-order valence-electron chi connectivity index (χ3n) is 7.16. The first-order valence-electron chi connectivity index (χ1n) is 12.8. The molecule has 1 aromatic heterocycles. The lowest BCUT2D eigenvalue weighted by Crippen LogP contribution is -2.43. The molecule has 2 aromatic carbocycles. The van der Waals surface area contributed by atoms with Crippen LogP contribution in [0.1, 0.15) is 52.2 Å². The van der Waals surface area contributed by atoms with Gasteiger partial charge in [0, 0.05) is 30.8 Å². The van der Waals surface area contributed by atoms with Crippen LogP contribution >= 0.6 is 0 Å². The molecule has 3 aliphatic rings. The number of aromatic nitrogens is 3. The van der Waals surface area contributed by atoms with E-state index in [4.69, 9.17) is 9.47 Å². The van der Waals surface area contributed by atoms with Crippen molar-refractivity contribution in [3.63, 3.8) is 0 Å². The monoisotopic (exact) mass is 549 g/mol. The Morgan fingerprint density at radius 2 is 1.77 bits per heavy atom. The fourth-order valence-electron chi connectivity index (χ4n) is 5.15. The second-order valence-electron chi connectivity index (χ2n) is 10.3. The normalized spacial score (nSPS) is 20.2. The van der Waals surface area contributed by atoms with Crippen LogP contribution in [-0.2, 0) is 20.8 Å². The molecule has 0 spiro atoms. The predicted octanol–water partition coefficient (Wildman–Crippen LogP) is 3.11. The van der Waals surface area contributed by atoms with E-state index >= 15 is 8.78 Å². The first-order chi connectivity index (χ1) is 19.1. The van der Waals surface area contributed by atoms with Gasteiger partial charge in [-0.15, -0.1) is 5.10 Å². The van der Waals surface area contributed by atoms with Crippen LogP contribution < -0.4 is 0 Å². The van der Waals surface area contributed by atoms with Gasteiger partial charge >= 0.3 is 0 Å². The zero-order chi connectivity index (χ0) is 28.2. The minimum atomic E-state index is -0.829. The number of halogens is 2. The molecule has 0 saturated carbocycles. The van der Waals surface area contributed by atoms with E-state index in [-0.39, 0.29) is 55.5 Å². The fourth-order valence-corrected chi connectivity index (χ4v) is 5.15. The molecule has 0 N–H and O–H groups in total. The third-order valence-corrected chi connectivity index (χ3v) is 7.16. The topological polar surface area (TPSA) is 107 Å². The van der Waals surface area contributed by atoms with Gasteiger partial charge in [-0.2, -0.15) is 0 Å². The number of hydrogen-bond acceptors (Lipinski definition) is 7. The standard InChI is InChI=1S/C28H25F2N5O5/c1-28(2)39-15-23(40-28)27(38)33-9-7-16(8-10-33)24-21(29)11-18(12-22(24)30)35-14-17(31-32-35)13-34-25(36)19-5-3-4-6-20(19)26(34)37/h3-7,11-12,14,23H,8-10,13,15H2,1-2H3. The van der Waals surface area contributed by atoms with Crippen LogP contribution in [0.2, 0.25) is 0 Å². The van der Waals surface area contributed by atoms with E-state index < -0.39 is 35.3 Å². The number of carbonyl (C=O) groups excluding carboxylic acids is 3. The van der Waals surface area contributed by atoms with Crippen LogP contribution in [0.4, 0.5) is 8.78 Å². The number of imide groups is 1. The van der Waals surface area contributed by atoms with E-state index in [0.29, 0.717) is 16.7 Å². The Morgan fingerprint density at radius 3 is 2.35 bits per heavy atom. The van der Waals surface area contributed by atoms with E-state index in [0.717, 1.165) is 17.0 Å². The van der Waals surface area contributed by atoms with E-state index in [1.165, 1.54) is 10.9 Å². The van der Waals surface area contributed by atoms with Crippen LogP contribution in [0.25, 0.3) is 11.3 Å². The molecule has 4 heterocycles. The summed E-state index contributed by atoms with van der Waals surface area (Å²) in [4.78, 5) is 40.6. The highest BCUT2D eigenvalue weighted by atomic mass is 19.1. The van der Waals surface area contributed by atoms with Crippen molar-refractivity contribution >= 4 is 23.3 Å². The Bertz CT molecular complexity index is 1520. The maximum atomic E-state index is 15.2. The van der Waals surface area contributed by atoms with E-state index in [1.54, 1.807) is 49.1 Å². The summed E-state index contributed by atoms with van der Waals surface area (Å²) in [5.74, 6) is -3.50. The van der Waals surface area contributed by atoms with E-state index in [2.05, 4.69) is 10.3 Å². The van der Waals surface area contributed by atoms with Gasteiger partial charge in [-0.3, -0.25) is 19.3 Å². The molecule has 0 aliphatic carbocycles. The molecule has 0 bridgehead atoms. The molecule has 1 saturated heterocycles. The second-order valence-corrected chi connectivity index (χ2v) is 10.3. The molecule has 0 radical (unpaired) electrons. The zero-order valence-electron chi connectivity index (χ0n) is 21.8. The minimum absolute atomic E-state index is 0.0917. The van der Waals surface area contributed by atoms with Crippen molar-refractivity contribution in [2.45, 2.75) is 38.7 Å². The third kappa shape index (κ3) is 4.58. The summed E-state index contributed by atoms with van der Waals surface area (Å²) in [6.07, 6.45) is 2.61. The highest BCUT2D eigenvalue weighted by molar-refractivity contribution is 6.21. The number of hydrogen-bond donors (Lipinski definition) is 0. The van der Waals surface area contributed by atoms with Gasteiger partial charge in [-0.05, 0) is 38.0 Å². The van der Waals surface area contributed by atoms with Crippen LogP contribution in [0, 0.1) is 11.6 Å². The minimum Gasteiger partial charge on any atom is -0.347 e. The molecule has 1 atom stereocenters. The summed E-state index contributed by atoms with van der Waals surface area (Å²) in [6.45, 7) is 3.98. The molecular weight excluding hydrogens is 524 g/mol. The van der Waals surface area contributed by atoms with Crippen LogP contribution in [0.5, 0.6) is 0 Å². The van der Waals surface area contributed by atoms with E-state index in [9.17, 15) is 14.4 Å². The maximum Gasteiger partial charge on any atom is 0.261 e. The molecule has 6 rings (SSSR count). The molecule has 1 unspecified atom stereocenters. The van der Waals surface area contributed by atoms with Crippen molar-refractivity contribution in [3.05, 3.63) is 82.7 Å². The van der Waals surface area contributed by atoms with Crippen molar-refractivity contribution in [3.8, 4) is 5.69 Å². The maximum absolute atomic E-state index is 15.2. The number of ether oxygens (including phenoxy) is 2. The number of carbonyl (C=O) groups is 3. The van der Waals surface area contributed by atoms with Crippen molar-refractivity contribution < 1.29 is 32.6 Å². The van der Waals surface area contributed by atoms with Crippen molar-refractivity contribution in [1.29, 1.82) is 0 Å². The summed E-state index contributed by atoms with van der Waals surface area (Å²) in [7, 11) is 0. The number of benzene rings is 2. The SMILES string of the molecule is CC1(C)OCC(C(=O)N2CC=C(c3c(F)cc(-n4cc(CN5C(=O)c6ccccc6C5=O)nn4)cc3F)CC2)O1. The van der Waals surface area contributed by atoms with Gasteiger partial charge < -0.3 is 14.4 Å². The fraction of sp³-hybridized carbons (Fsp3) is 0.321. The number of amides is 3. The molecule has 10 nitrogen and oxygen atoms in total. The quantitative estimate of drug-likeness (QED) is 0.450. The first-order valence-corrected chi connectivity index (χ1v) is 12.8. The van der Waals surface area contributed by atoms with Gasteiger partial charge in [0.05, 0.1) is 36.2 Å². The van der Waals surface area contributed by atoms with Crippen LogP contribution in [0.15, 0.2) is 48.7 Å². The lowest BCUT2D eigenvalue weighted by atomic mass is 9.97. The van der Waals surface area contributed by atoms with Crippen LogP contribution in [-0.4, -0.2) is 74.1 Å². The molecule has 3 amide bonds.